The Balaban J connectivity index is 1.34. The standard InChI is InChI=1S/C36H41NO2/c1-25-21-30-31(35(4,5)20-19-34(30,2)3)23-26(25)22-29-17-18-32(39-29)33(38)37-24-36(6,27-13-9-7-10-14-27)28-15-11-8-12-16-28/h7-18,21,23H,19-20,22,24H2,1-6H3,(H,37,38). The van der Waals surface area contributed by atoms with Crippen molar-refractivity contribution in [1.82, 2.24) is 5.32 Å². The average Bonchev–Trinajstić information content (AvgIpc) is 3.40. The summed E-state index contributed by atoms with van der Waals surface area (Å²) in [5.74, 6) is 0.972. The van der Waals surface area contributed by atoms with Gasteiger partial charge < -0.3 is 9.73 Å². The third-order valence-corrected chi connectivity index (χ3v) is 8.98. The molecule has 3 heteroatoms. The molecule has 0 radical (unpaired) electrons. The smallest absolute Gasteiger partial charge is 0.287 e. The lowest BCUT2D eigenvalue weighted by molar-refractivity contribution is 0.0918. The summed E-state index contributed by atoms with van der Waals surface area (Å²) in [4.78, 5) is 13.2. The van der Waals surface area contributed by atoms with E-state index in [4.69, 9.17) is 4.42 Å². The van der Waals surface area contributed by atoms with Gasteiger partial charge in [0.2, 0.25) is 0 Å². The summed E-state index contributed by atoms with van der Waals surface area (Å²) in [6, 6.07) is 29.2. The zero-order chi connectivity index (χ0) is 27.8. The van der Waals surface area contributed by atoms with Crippen LogP contribution in [0.3, 0.4) is 0 Å². The van der Waals surface area contributed by atoms with Gasteiger partial charge in [0.25, 0.3) is 5.91 Å². The molecule has 0 aliphatic heterocycles. The summed E-state index contributed by atoms with van der Waals surface area (Å²) in [5.41, 5.74) is 7.77. The predicted molar refractivity (Wildman–Crippen MR) is 160 cm³/mol. The van der Waals surface area contributed by atoms with E-state index >= 15 is 0 Å². The van der Waals surface area contributed by atoms with Gasteiger partial charge in [0.05, 0.1) is 0 Å². The topological polar surface area (TPSA) is 42.2 Å². The monoisotopic (exact) mass is 519 g/mol. The van der Waals surface area contributed by atoms with Gasteiger partial charge in [0.15, 0.2) is 5.76 Å². The first kappa shape index (κ1) is 27.0. The van der Waals surface area contributed by atoms with E-state index in [1.165, 1.54) is 35.1 Å². The van der Waals surface area contributed by atoms with E-state index < -0.39 is 0 Å². The maximum absolute atomic E-state index is 13.2. The summed E-state index contributed by atoms with van der Waals surface area (Å²) in [6.45, 7) is 14.3. The van der Waals surface area contributed by atoms with E-state index in [-0.39, 0.29) is 22.2 Å². The second kappa shape index (κ2) is 10.2. The molecule has 202 valence electrons. The number of hydrogen-bond acceptors (Lipinski definition) is 2. The number of amides is 1. The first-order valence-electron chi connectivity index (χ1n) is 14.1. The van der Waals surface area contributed by atoms with E-state index in [0.29, 0.717) is 18.7 Å². The molecule has 0 unspecified atom stereocenters. The van der Waals surface area contributed by atoms with Crippen molar-refractivity contribution in [3.63, 3.8) is 0 Å². The highest BCUT2D eigenvalue weighted by Crippen LogP contribution is 2.46. The van der Waals surface area contributed by atoms with Crippen LogP contribution < -0.4 is 5.32 Å². The summed E-state index contributed by atoms with van der Waals surface area (Å²) in [6.07, 6.45) is 3.07. The van der Waals surface area contributed by atoms with Crippen LogP contribution in [0.5, 0.6) is 0 Å². The van der Waals surface area contributed by atoms with Gasteiger partial charge in [-0.3, -0.25) is 4.79 Å². The first-order valence-corrected chi connectivity index (χ1v) is 14.1. The summed E-state index contributed by atoms with van der Waals surface area (Å²) >= 11 is 0. The minimum Gasteiger partial charge on any atom is -0.456 e. The molecule has 1 aliphatic carbocycles. The number of benzene rings is 3. The molecular formula is C36H41NO2. The zero-order valence-corrected chi connectivity index (χ0v) is 24.2. The second-order valence-corrected chi connectivity index (χ2v) is 12.8. The van der Waals surface area contributed by atoms with Gasteiger partial charge >= 0.3 is 0 Å². The van der Waals surface area contributed by atoms with Gasteiger partial charge in [0.1, 0.15) is 5.76 Å². The fraction of sp³-hybridized carbons (Fsp3) is 0.361. The van der Waals surface area contributed by atoms with Crippen molar-refractivity contribution < 1.29 is 9.21 Å². The molecule has 3 aromatic carbocycles. The Bertz CT molecular complexity index is 1420. The number of carbonyl (C=O) groups excluding carboxylic acids is 1. The fourth-order valence-electron chi connectivity index (χ4n) is 6.07. The van der Waals surface area contributed by atoms with Gasteiger partial charge in [0, 0.05) is 18.4 Å². The highest BCUT2D eigenvalue weighted by Gasteiger charge is 2.37. The van der Waals surface area contributed by atoms with Crippen molar-refractivity contribution in [2.45, 2.75) is 77.0 Å². The number of nitrogens with one attached hydrogen (secondary N) is 1. The lowest BCUT2D eigenvalue weighted by atomic mass is 9.62. The van der Waals surface area contributed by atoms with Gasteiger partial charge in [-0.05, 0) is 83.0 Å². The normalized spacial score (nSPS) is 15.9. The Morgan fingerprint density at radius 2 is 1.36 bits per heavy atom. The third-order valence-electron chi connectivity index (χ3n) is 8.98. The molecule has 0 bridgehead atoms. The summed E-state index contributed by atoms with van der Waals surface area (Å²) in [7, 11) is 0. The molecule has 0 fully saturated rings. The number of hydrogen-bond donors (Lipinski definition) is 1. The quantitative estimate of drug-likeness (QED) is 0.267. The van der Waals surface area contributed by atoms with Crippen LogP contribution in [0.4, 0.5) is 0 Å². The number of carbonyl (C=O) groups is 1. The number of fused-ring (bicyclic) bond motifs is 1. The van der Waals surface area contributed by atoms with Crippen LogP contribution in [0.1, 0.15) is 97.2 Å². The molecule has 0 atom stereocenters. The van der Waals surface area contributed by atoms with Crippen molar-refractivity contribution in [2.75, 3.05) is 6.54 Å². The van der Waals surface area contributed by atoms with E-state index in [1.807, 2.05) is 42.5 Å². The molecule has 0 saturated carbocycles. The van der Waals surface area contributed by atoms with Gasteiger partial charge in [-0.2, -0.15) is 0 Å². The maximum atomic E-state index is 13.2. The van der Waals surface area contributed by atoms with Crippen LogP contribution >= 0.6 is 0 Å². The van der Waals surface area contributed by atoms with E-state index in [2.05, 4.69) is 83.3 Å². The van der Waals surface area contributed by atoms with Crippen molar-refractivity contribution in [1.29, 1.82) is 0 Å². The molecular weight excluding hydrogens is 478 g/mol. The molecule has 1 aliphatic rings. The predicted octanol–water partition coefficient (Wildman–Crippen LogP) is 8.26. The zero-order valence-electron chi connectivity index (χ0n) is 24.2. The van der Waals surface area contributed by atoms with E-state index in [1.54, 1.807) is 6.07 Å². The van der Waals surface area contributed by atoms with Crippen molar-refractivity contribution in [3.05, 3.63) is 130 Å². The molecule has 39 heavy (non-hydrogen) atoms. The lowest BCUT2D eigenvalue weighted by Crippen LogP contribution is -2.39. The minimum atomic E-state index is -0.367. The van der Waals surface area contributed by atoms with Crippen molar-refractivity contribution in [2.24, 2.45) is 0 Å². The molecule has 1 aromatic heterocycles. The molecule has 0 saturated heterocycles. The van der Waals surface area contributed by atoms with Crippen LogP contribution in [0, 0.1) is 6.92 Å². The Labute approximate surface area is 233 Å². The fourth-order valence-corrected chi connectivity index (χ4v) is 6.07. The molecule has 5 rings (SSSR count). The maximum Gasteiger partial charge on any atom is 0.287 e. The molecule has 0 spiro atoms. The van der Waals surface area contributed by atoms with Gasteiger partial charge in [-0.1, -0.05) is 100 Å². The Morgan fingerprint density at radius 3 is 1.92 bits per heavy atom. The SMILES string of the molecule is Cc1cc2c(cc1Cc1ccc(C(=O)NCC(C)(c3ccccc3)c3ccccc3)o1)C(C)(C)CCC2(C)C. The van der Waals surface area contributed by atoms with Crippen molar-refractivity contribution in [3.8, 4) is 0 Å². The van der Waals surface area contributed by atoms with E-state index in [0.717, 1.165) is 16.9 Å². The molecule has 3 nitrogen and oxygen atoms in total. The molecule has 1 amide bonds. The minimum absolute atomic E-state index is 0.158. The number of furan rings is 1. The highest BCUT2D eigenvalue weighted by molar-refractivity contribution is 5.91. The largest absolute Gasteiger partial charge is 0.456 e. The Hall–Kier alpha value is -3.59. The van der Waals surface area contributed by atoms with Crippen LogP contribution in [-0.2, 0) is 22.7 Å². The molecule has 1 N–H and O–H groups in total. The first-order chi connectivity index (χ1) is 18.5. The number of rotatable bonds is 7. The van der Waals surface area contributed by atoms with Crippen molar-refractivity contribution >= 4 is 5.91 Å². The summed E-state index contributed by atoms with van der Waals surface area (Å²) in [5, 5.41) is 3.15. The average molecular weight is 520 g/mol. The van der Waals surface area contributed by atoms with Gasteiger partial charge in [-0.25, -0.2) is 0 Å². The third kappa shape index (κ3) is 5.32. The highest BCUT2D eigenvalue weighted by atomic mass is 16.3. The molecule has 4 aromatic rings. The van der Waals surface area contributed by atoms with Crippen LogP contribution in [-0.4, -0.2) is 12.5 Å². The van der Waals surface area contributed by atoms with Crippen LogP contribution in [0.2, 0.25) is 0 Å². The Morgan fingerprint density at radius 1 is 0.821 bits per heavy atom. The van der Waals surface area contributed by atoms with E-state index in [9.17, 15) is 4.79 Å². The van der Waals surface area contributed by atoms with Gasteiger partial charge in [-0.15, -0.1) is 0 Å². The Kier molecular flexibility index (Phi) is 7.05. The lowest BCUT2D eigenvalue weighted by Gasteiger charge is -2.42. The number of aryl methyl sites for hydroxylation is 1. The molecule has 1 heterocycles. The second-order valence-electron chi connectivity index (χ2n) is 12.8. The van der Waals surface area contributed by atoms with Crippen LogP contribution in [0.25, 0.3) is 0 Å². The summed E-state index contributed by atoms with van der Waals surface area (Å²) < 4.78 is 6.11. The van der Waals surface area contributed by atoms with Crippen LogP contribution in [0.15, 0.2) is 89.3 Å².